The first-order chi connectivity index (χ1) is 9.16. The molecule has 0 aliphatic heterocycles. The van der Waals surface area contributed by atoms with Crippen LogP contribution < -0.4 is 11.1 Å². The molecule has 0 unspecified atom stereocenters. The zero-order chi connectivity index (χ0) is 13.7. The van der Waals surface area contributed by atoms with E-state index in [9.17, 15) is 4.79 Å². The van der Waals surface area contributed by atoms with Gasteiger partial charge in [0.2, 0.25) is 5.91 Å². The third kappa shape index (κ3) is 3.29. The van der Waals surface area contributed by atoms with Crippen LogP contribution in [0.3, 0.4) is 0 Å². The number of rotatable bonds is 4. The fourth-order valence-electron chi connectivity index (χ4n) is 2.62. The van der Waals surface area contributed by atoms with E-state index < -0.39 is 0 Å². The van der Waals surface area contributed by atoms with Gasteiger partial charge in [0.15, 0.2) is 0 Å². The molecule has 0 aromatic carbocycles. The lowest BCUT2D eigenvalue weighted by atomic mass is 9.70. The van der Waals surface area contributed by atoms with Crippen molar-refractivity contribution in [2.45, 2.75) is 39.2 Å². The predicted molar refractivity (Wildman–Crippen MR) is 73.0 cm³/mol. The number of carbonyl (C=O) groups excluding carboxylic acids is 1. The van der Waals surface area contributed by atoms with Gasteiger partial charge in [-0.2, -0.15) is 0 Å². The predicted octanol–water partition coefficient (Wildman–Crippen LogP) is 1.25. The van der Waals surface area contributed by atoms with Gasteiger partial charge in [-0.1, -0.05) is 6.92 Å². The summed E-state index contributed by atoms with van der Waals surface area (Å²) in [6, 6.07) is 1.80. The first kappa shape index (κ1) is 13.9. The maximum absolute atomic E-state index is 12.4. The largest absolute Gasteiger partial charge is 0.350 e. The van der Waals surface area contributed by atoms with E-state index in [1.54, 1.807) is 12.3 Å². The van der Waals surface area contributed by atoms with Gasteiger partial charge < -0.3 is 11.1 Å². The maximum Gasteiger partial charge on any atom is 0.227 e. The Balaban J connectivity index is 1.94. The van der Waals surface area contributed by atoms with Gasteiger partial charge in [-0.05, 0) is 37.7 Å². The highest BCUT2D eigenvalue weighted by Crippen LogP contribution is 2.38. The molecule has 5 heteroatoms. The van der Waals surface area contributed by atoms with E-state index in [1.807, 2.05) is 0 Å². The molecule has 0 radical (unpaired) electrons. The van der Waals surface area contributed by atoms with Crippen LogP contribution in [-0.2, 0) is 11.3 Å². The molecule has 104 valence electrons. The van der Waals surface area contributed by atoms with Gasteiger partial charge in [-0.3, -0.25) is 4.79 Å². The van der Waals surface area contributed by atoms with Crippen LogP contribution in [-0.4, -0.2) is 22.4 Å². The topological polar surface area (TPSA) is 80.9 Å². The summed E-state index contributed by atoms with van der Waals surface area (Å²) in [4.78, 5) is 20.4. The van der Waals surface area contributed by atoms with Crippen molar-refractivity contribution in [1.29, 1.82) is 0 Å². The third-order valence-corrected chi connectivity index (χ3v) is 4.18. The Morgan fingerprint density at radius 3 is 2.84 bits per heavy atom. The van der Waals surface area contributed by atoms with Gasteiger partial charge in [0.1, 0.15) is 6.33 Å². The highest BCUT2D eigenvalue weighted by atomic mass is 16.2. The van der Waals surface area contributed by atoms with Gasteiger partial charge in [0, 0.05) is 12.7 Å². The minimum Gasteiger partial charge on any atom is -0.350 e. The number of nitrogens with zero attached hydrogens (tertiary/aromatic N) is 2. The minimum atomic E-state index is -0.375. The zero-order valence-corrected chi connectivity index (χ0v) is 11.4. The van der Waals surface area contributed by atoms with Crippen LogP contribution in [0.5, 0.6) is 0 Å². The standard InChI is InChI=1S/C14H22N4O/c1-11-2-5-14(9-15,6-3-11)13(19)17-8-12-4-7-16-10-18-12/h4,7,10-11H,2-3,5-6,8-9,15H2,1H3,(H,17,19). The number of nitrogens with one attached hydrogen (secondary N) is 1. The van der Waals surface area contributed by atoms with Crippen molar-refractivity contribution >= 4 is 5.91 Å². The van der Waals surface area contributed by atoms with Gasteiger partial charge in [0.25, 0.3) is 0 Å². The molecule has 5 nitrogen and oxygen atoms in total. The number of hydrogen-bond donors (Lipinski definition) is 2. The molecule has 1 aliphatic rings. The van der Waals surface area contributed by atoms with E-state index in [0.29, 0.717) is 19.0 Å². The molecule has 1 fully saturated rings. The lowest BCUT2D eigenvalue weighted by molar-refractivity contribution is -0.133. The van der Waals surface area contributed by atoms with Crippen LogP contribution in [0, 0.1) is 11.3 Å². The average Bonchev–Trinajstić information content (AvgIpc) is 2.47. The molecule has 0 saturated heterocycles. The molecule has 1 aliphatic carbocycles. The van der Waals surface area contributed by atoms with Crippen molar-refractivity contribution in [3.63, 3.8) is 0 Å². The van der Waals surface area contributed by atoms with Crippen molar-refractivity contribution in [3.05, 3.63) is 24.3 Å². The molecule has 0 bridgehead atoms. The maximum atomic E-state index is 12.4. The normalized spacial score (nSPS) is 26.9. The summed E-state index contributed by atoms with van der Waals surface area (Å²) >= 11 is 0. The molecule has 1 aromatic heterocycles. The number of amides is 1. The molecule has 3 N–H and O–H groups in total. The van der Waals surface area contributed by atoms with Crippen LogP contribution in [0.15, 0.2) is 18.6 Å². The summed E-state index contributed by atoms with van der Waals surface area (Å²) in [5.41, 5.74) is 6.31. The highest BCUT2D eigenvalue weighted by Gasteiger charge is 2.39. The molecule has 1 amide bonds. The summed E-state index contributed by atoms with van der Waals surface area (Å²) < 4.78 is 0. The molecular formula is C14H22N4O. The van der Waals surface area contributed by atoms with Crippen molar-refractivity contribution < 1.29 is 4.79 Å². The molecule has 0 atom stereocenters. The van der Waals surface area contributed by atoms with E-state index in [1.165, 1.54) is 6.33 Å². The number of nitrogens with two attached hydrogens (primary N) is 1. The number of aromatic nitrogens is 2. The zero-order valence-electron chi connectivity index (χ0n) is 11.4. The molecule has 1 heterocycles. The number of hydrogen-bond acceptors (Lipinski definition) is 4. The Kier molecular flexibility index (Phi) is 4.47. The second-order valence-corrected chi connectivity index (χ2v) is 5.55. The fourth-order valence-corrected chi connectivity index (χ4v) is 2.62. The Hall–Kier alpha value is -1.49. The Morgan fingerprint density at radius 2 is 2.26 bits per heavy atom. The van der Waals surface area contributed by atoms with Crippen molar-refractivity contribution in [1.82, 2.24) is 15.3 Å². The number of carbonyl (C=O) groups is 1. The third-order valence-electron chi connectivity index (χ3n) is 4.18. The Labute approximate surface area is 114 Å². The lowest BCUT2D eigenvalue weighted by Gasteiger charge is -2.37. The summed E-state index contributed by atoms with van der Waals surface area (Å²) in [7, 11) is 0. The summed E-state index contributed by atoms with van der Waals surface area (Å²) in [5, 5.41) is 2.97. The van der Waals surface area contributed by atoms with E-state index in [0.717, 1.165) is 31.4 Å². The molecular weight excluding hydrogens is 240 g/mol. The van der Waals surface area contributed by atoms with Crippen molar-refractivity contribution in [2.24, 2.45) is 17.1 Å². The van der Waals surface area contributed by atoms with E-state index in [4.69, 9.17) is 5.73 Å². The quantitative estimate of drug-likeness (QED) is 0.855. The second-order valence-electron chi connectivity index (χ2n) is 5.55. The monoisotopic (exact) mass is 262 g/mol. The summed E-state index contributed by atoms with van der Waals surface area (Å²) in [6.07, 6.45) is 7.11. The van der Waals surface area contributed by atoms with Crippen molar-refractivity contribution in [3.8, 4) is 0 Å². The SMILES string of the molecule is CC1CCC(CN)(C(=O)NCc2ccncn2)CC1. The molecule has 19 heavy (non-hydrogen) atoms. The minimum absolute atomic E-state index is 0.0699. The molecule has 1 saturated carbocycles. The van der Waals surface area contributed by atoms with Gasteiger partial charge >= 0.3 is 0 Å². The summed E-state index contributed by atoms with van der Waals surface area (Å²) in [6.45, 7) is 3.10. The van der Waals surface area contributed by atoms with Crippen molar-refractivity contribution in [2.75, 3.05) is 6.54 Å². The first-order valence-electron chi connectivity index (χ1n) is 6.89. The summed E-state index contributed by atoms with van der Waals surface area (Å²) in [5.74, 6) is 0.773. The lowest BCUT2D eigenvalue weighted by Crippen LogP contribution is -2.47. The van der Waals surface area contributed by atoms with Crippen LogP contribution >= 0.6 is 0 Å². The highest BCUT2D eigenvalue weighted by molar-refractivity contribution is 5.82. The Bertz CT molecular complexity index is 413. The van der Waals surface area contributed by atoms with Gasteiger partial charge in [-0.15, -0.1) is 0 Å². The smallest absolute Gasteiger partial charge is 0.227 e. The van der Waals surface area contributed by atoms with E-state index in [2.05, 4.69) is 22.2 Å². The van der Waals surface area contributed by atoms with E-state index in [-0.39, 0.29) is 11.3 Å². The van der Waals surface area contributed by atoms with Crippen LogP contribution in [0.25, 0.3) is 0 Å². The van der Waals surface area contributed by atoms with E-state index >= 15 is 0 Å². The first-order valence-corrected chi connectivity index (χ1v) is 6.89. The average molecular weight is 262 g/mol. The van der Waals surface area contributed by atoms with Gasteiger partial charge in [0.05, 0.1) is 17.7 Å². The Morgan fingerprint density at radius 1 is 1.53 bits per heavy atom. The molecule has 2 rings (SSSR count). The van der Waals surface area contributed by atoms with Crippen LogP contribution in [0.1, 0.15) is 38.3 Å². The van der Waals surface area contributed by atoms with Crippen LogP contribution in [0.2, 0.25) is 0 Å². The molecule has 0 spiro atoms. The van der Waals surface area contributed by atoms with Crippen LogP contribution in [0.4, 0.5) is 0 Å². The second kappa shape index (κ2) is 6.10. The molecule has 1 aromatic rings. The van der Waals surface area contributed by atoms with Gasteiger partial charge in [-0.25, -0.2) is 9.97 Å². The fraction of sp³-hybridized carbons (Fsp3) is 0.643.